The fourth-order valence-electron chi connectivity index (χ4n) is 3.89. The summed E-state index contributed by atoms with van der Waals surface area (Å²) in [4.78, 5) is 28.5. The SMILES string of the molecule is CCOC(=O)c1cccc(N2C=C(C(=O)N3CCCCC3)S(=O)(=O)c3ccccc32)c1. The number of sulfone groups is 1. The number of ether oxygens (including phenoxy) is 1. The maximum absolute atomic E-state index is 13.3. The van der Waals surface area contributed by atoms with Crippen LogP contribution < -0.4 is 4.90 Å². The van der Waals surface area contributed by atoms with Crippen molar-refractivity contribution < 1.29 is 22.7 Å². The number of nitrogens with zero attached hydrogens (tertiary/aromatic N) is 2. The monoisotopic (exact) mass is 440 g/mol. The van der Waals surface area contributed by atoms with Crippen LogP contribution in [-0.2, 0) is 19.4 Å². The van der Waals surface area contributed by atoms with Gasteiger partial charge < -0.3 is 14.5 Å². The lowest BCUT2D eigenvalue weighted by atomic mass is 10.1. The summed E-state index contributed by atoms with van der Waals surface area (Å²) in [5.41, 5.74) is 1.35. The number of amides is 1. The molecule has 0 radical (unpaired) electrons. The number of carbonyl (C=O) groups excluding carboxylic acids is 2. The number of hydrogen-bond acceptors (Lipinski definition) is 6. The van der Waals surface area contributed by atoms with Crippen LogP contribution in [0, 0.1) is 0 Å². The molecule has 1 saturated heterocycles. The lowest BCUT2D eigenvalue weighted by Gasteiger charge is -2.32. The molecule has 31 heavy (non-hydrogen) atoms. The van der Waals surface area contributed by atoms with Crippen molar-refractivity contribution in [3.63, 3.8) is 0 Å². The van der Waals surface area contributed by atoms with Gasteiger partial charge in [0.05, 0.1) is 22.8 Å². The maximum atomic E-state index is 13.3. The number of piperidine rings is 1. The third-order valence-electron chi connectivity index (χ3n) is 5.44. The molecule has 0 atom stereocenters. The van der Waals surface area contributed by atoms with Gasteiger partial charge in [0, 0.05) is 25.0 Å². The maximum Gasteiger partial charge on any atom is 0.338 e. The Hall–Kier alpha value is -3.13. The Balaban J connectivity index is 1.82. The van der Waals surface area contributed by atoms with E-state index in [0.717, 1.165) is 19.3 Å². The molecule has 2 aromatic rings. The molecule has 0 N–H and O–H groups in total. The molecular formula is C23H24N2O5S. The van der Waals surface area contributed by atoms with Crippen molar-refractivity contribution in [3.8, 4) is 0 Å². The summed E-state index contributed by atoms with van der Waals surface area (Å²) < 4.78 is 31.7. The molecule has 1 amide bonds. The fourth-order valence-corrected chi connectivity index (χ4v) is 5.43. The molecule has 0 bridgehead atoms. The normalized spacial score (nSPS) is 17.5. The average Bonchev–Trinajstić information content (AvgIpc) is 2.80. The smallest absolute Gasteiger partial charge is 0.338 e. The van der Waals surface area contributed by atoms with E-state index in [4.69, 9.17) is 4.74 Å². The first-order chi connectivity index (χ1) is 14.9. The van der Waals surface area contributed by atoms with Crippen LogP contribution in [0.1, 0.15) is 36.5 Å². The van der Waals surface area contributed by atoms with Gasteiger partial charge in [-0.2, -0.15) is 0 Å². The number of likely N-dealkylation sites (tertiary alicyclic amines) is 1. The van der Waals surface area contributed by atoms with Crippen LogP contribution in [0.3, 0.4) is 0 Å². The van der Waals surface area contributed by atoms with E-state index in [1.807, 2.05) is 0 Å². The van der Waals surface area contributed by atoms with Crippen LogP contribution in [0.2, 0.25) is 0 Å². The number of rotatable bonds is 4. The first-order valence-corrected chi connectivity index (χ1v) is 11.8. The van der Waals surface area contributed by atoms with Gasteiger partial charge >= 0.3 is 5.97 Å². The number of anilines is 2. The minimum absolute atomic E-state index is 0.0689. The molecule has 2 aromatic carbocycles. The average molecular weight is 441 g/mol. The first-order valence-electron chi connectivity index (χ1n) is 10.3. The number of benzene rings is 2. The van der Waals surface area contributed by atoms with Crippen LogP contribution in [0.15, 0.2) is 64.5 Å². The van der Waals surface area contributed by atoms with E-state index >= 15 is 0 Å². The van der Waals surface area contributed by atoms with Gasteiger partial charge in [-0.3, -0.25) is 4.79 Å². The van der Waals surface area contributed by atoms with Crippen molar-refractivity contribution >= 4 is 33.1 Å². The van der Waals surface area contributed by atoms with Crippen molar-refractivity contribution in [2.75, 3.05) is 24.6 Å². The molecular weight excluding hydrogens is 416 g/mol. The van der Waals surface area contributed by atoms with Gasteiger partial charge in [0.1, 0.15) is 0 Å². The van der Waals surface area contributed by atoms with Crippen LogP contribution in [0.25, 0.3) is 0 Å². The highest BCUT2D eigenvalue weighted by Gasteiger charge is 2.37. The predicted molar refractivity (Wildman–Crippen MR) is 117 cm³/mol. The highest BCUT2D eigenvalue weighted by atomic mass is 32.2. The lowest BCUT2D eigenvalue weighted by Crippen LogP contribution is -2.39. The molecule has 7 nitrogen and oxygen atoms in total. The van der Waals surface area contributed by atoms with Gasteiger partial charge in [-0.15, -0.1) is 0 Å². The van der Waals surface area contributed by atoms with E-state index in [-0.39, 0.29) is 16.4 Å². The largest absolute Gasteiger partial charge is 0.462 e. The quantitative estimate of drug-likeness (QED) is 0.675. The van der Waals surface area contributed by atoms with Gasteiger partial charge in [-0.05, 0) is 56.5 Å². The zero-order chi connectivity index (χ0) is 22.0. The van der Waals surface area contributed by atoms with Crippen molar-refractivity contribution in [3.05, 3.63) is 65.2 Å². The molecule has 8 heteroatoms. The zero-order valence-corrected chi connectivity index (χ0v) is 18.1. The molecule has 0 unspecified atom stereocenters. The van der Waals surface area contributed by atoms with E-state index in [9.17, 15) is 18.0 Å². The summed E-state index contributed by atoms with van der Waals surface area (Å²) in [6.07, 6.45) is 4.13. The van der Waals surface area contributed by atoms with E-state index in [2.05, 4.69) is 0 Å². The standard InChI is InChI=1S/C23H24N2O5S/c1-2-30-23(27)17-9-8-10-18(15-17)25-16-21(22(26)24-13-6-3-7-14-24)31(28,29)20-12-5-4-11-19(20)25/h4-5,8-12,15-16H,2-3,6-7,13-14H2,1H3. The van der Waals surface area contributed by atoms with E-state index in [1.54, 1.807) is 59.2 Å². The highest BCUT2D eigenvalue weighted by Crippen LogP contribution is 2.40. The Bertz CT molecular complexity index is 1150. The predicted octanol–water partition coefficient (Wildman–Crippen LogP) is 3.64. The Morgan fingerprint density at radius 1 is 1.00 bits per heavy atom. The number of carbonyl (C=O) groups is 2. The van der Waals surface area contributed by atoms with E-state index < -0.39 is 21.7 Å². The van der Waals surface area contributed by atoms with Gasteiger partial charge in [-0.1, -0.05) is 18.2 Å². The summed E-state index contributed by atoms with van der Waals surface area (Å²) in [7, 11) is -3.97. The zero-order valence-electron chi connectivity index (χ0n) is 17.3. The Kier molecular flexibility index (Phi) is 5.82. The summed E-state index contributed by atoms with van der Waals surface area (Å²) in [5, 5.41) is 0. The minimum atomic E-state index is -3.97. The summed E-state index contributed by atoms with van der Waals surface area (Å²) in [6, 6.07) is 13.3. The van der Waals surface area contributed by atoms with Gasteiger partial charge in [-0.25, -0.2) is 13.2 Å². The Labute approximate surface area is 181 Å². The third kappa shape index (κ3) is 3.95. The highest BCUT2D eigenvalue weighted by molar-refractivity contribution is 7.96. The molecule has 1 fully saturated rings. The van der Waals surface area contributed by atoms with Crippen molar-refractivity contribution in [1.82, 2.24) is 4.90 Å². The first kappa shape index (κ1) is 21.1. The van der Waals surface area contributed by atoms with Crippen LogP contribution in [0.4, 0.5) is 11.4 Å². The third-order valence-corrected chi connectivity index (χ3v) is 7.22. The number of esters is 1. The summed E-state index contributed by atoms with van der Waals surface area (Å²) >= 11 is 0. The topological polar surface area (TPSA) is 84.0 Å². The molecule has 2 heterocycles. The molecule has 162 valence electrons. The van der Waals surface area contributed by atoms with Crippen molar-refractivity contribution in [2.24, 2.45) is 0 Å². The number of hydrogen-bond donors (Lipinski definition) is 0. The summed E-state index contributed by atoms with van der Waals surface area (Å²) in [5.74, 6) is -0.948. The van der Waals surface area contributed by atoms with Gasteiger partial charge in [0.25, 0.3) is 5.91 Å². The lowest BCUT2D eigenvalue weighted by molar-refractivity contribution is -0.127. The fraction of sp³-hybridized carbons (Fsp3) is 0.304. The van der Waals surface area contributed by atoms with E-state index in [1.165, 1.54) is 12.3 Å². The molecule has 4 rings (SSSR count). The second-order valence-electron chi connectivity index (χ2n) is 7.46. The van der Waals surface area contributed by atoms with Crippen LogP contribution in [-0.4, -0.2) is 44.9 Å². The van der Waals surface area contributed by atoms with Crippen molar-refractivity contribution in [1.29, 1.82) is 0 Å². The summed E-state index contributed by atoms with van der Waals surface area (Å²) in [6.45, 7) is 3.08. The van der Waals surface area contributed by atoms with Crippen molar-refractivity contribution in [2.45, 2.75) is 31.1 Å². The van der Waals surface area contributed by atoms with Gasteiger partial charge in [0.15, 0.2) is 4.91 Å². The minimum Gasteiger partial charge on any atom is -0.462 e. The van der Waals surface area contributed by atoms with E-state index in [0.29, 0.717) is 30.0 Å². The molecule has 0 aliphatic carbocycles. The molecule has 2 aliphatic heterocycles. The number of fused-ring (bicyclic) bond motifs is 1. The second kappa shape index (κ2) is 8.55. The Morgan fingerprint density at radius 3 is 2.48 bits per heavy atom. The second-order valence-corrected chi connectivity index (χ2v) is 9.34. The molecule has 0 spiro atoms. The van der Waals surface area contributed by atoms with Crippen LogP contribution >= 0.6 is 0 Å². The molecule has 2 aliphatic rings. The van der Waals surface area contributed by atoms with Gasteiger partial charge in [0.2, 0.25) is 9.84 Å². The molecule has 0 saturated carbocycles. The Morgan fingerprint density at radius 2 is 1.74 bits per heavy atom. The number of para-hydroxylation sites is 1. The van der Waals surface area contributed by atoms with Crippen LogP contribution in [0.5, 0.6) is 0 Å². The molecule has 0 aromatic heterocycles.